The normalized spacial score (nSPS) is 14.3. The fourth-order valence-electron chi connectivity index (χ4n) is 5.08. The summed E-state index contributed by atoms with van der Waals surface area (Å²) in [5.74, 6) is -3.10. The van der Waals surface area contributed by atoms with Crippen LogP contribution in [-0.2, 0) is 27.3 Å². The van der Waals surface area contributed by atoms with E-state index < -0.39 is 11.3 Å². The highest BCUT2D eigenvalue weighted by molar-refractivity contribution is 5.87. The molecular weight excluding hydrogens is 484 g/mol. The van der Waals surface area contributed by atoms with E-state index in [-0.39, 0.29) is 29.4 Å². The van der Waals surface area contributed by atoms with Gasteiger partial charge in [0.1, 0.15) is 0 Å². The van der Waals surface area contributed by atoms with E-state index in [1.807, 2.05) is 73.7 Å². The summed E-state index contributed by atoms with van der Waals surface area (Å²) in [6.45, 7) is 3.75. The Kier molecular flexibility index (Phi) is 7.15. The van der Waals surface area contributed by atoms with Gasteiger partial charge in [0.15, 0.2) is 5.76 Å². The van der Waals surface area contributed by atoms with E-state index in [2.05, 4.69) is 5.16 Å². The van der Waals surface area contributed by atoms with Crippen LogP contribution in [0.1, 0.15) is 55.0 Å². The Balaban J connectivity index is 1.31. The number of aromatic nitrogens is 1. The van der Waals surface area contributed by atoms with Crippen molar-refractivity contribution in [1.82, 2.24) is 5.16 Å². The molecule has 0 atom stereocenters. The molecule has 0 radical (unpaired) electrons. The SMILES string of the molecule is CCOC(=O)C1(c2ccc(-c3ccc(-c4onc(C)c4C(F)(F)CCCc4ccccc4)cc3)cc2)CC1. The summed E-state index contributed by atoms with van der Waals surface area (Å²) in [7, 11) is 0. The highest BCUT2D eigenvalue weighted by atomic mass is 19.3. The van der Waals surface area contributed by atoms with Gasteiger partial charge in [-0.2, -0.15) is 0 Å². The number of carbonyl (C=O) groups excluding carboxylic acids is 1. The summed E-state index contributed by atoms with van der Waals surface area (Å²) in [5.41, 5.74) is 4.04. The molecule has 1 saturated carbocycles. The Hall–Kier alpha value is -3.80. The number of ether oxygens (including phenoxy) is 1. The van der Waals surface area contributed by atoms with Crippen molar-refractivity contribution in [3.8, 4) is 22.5 Å². The van der Waals surface area contributed by atoms with E-state index in [4.69, 9.17) is 9.26 Å². The fraction of sp³-hybridized carbons (Fsp3) is 0.312. The van der Waals surface area contributed by atoms with E-state index in [0.29, 0.717) is 25.0 Å². The zero-order chi connectivity index (χ0) is 26.8. The fourth-order valence-corrected chi connectivity index (χ4v) is 5.08. The van der Waals surface area contributed by atoms with Crippen molar-refractivity contribution >= 4 is 5.97 Å². The van der Waals surface area contributed by atoms with Crippen LogP contribution < -0.4 is 0 Å². The minimum atomic E-state index is -3.06. The number of halogens is 2. The third-order valence-electron chi connectivity index (χ3n) is 7.36. The lowest BCUT2D eigenvalue weighted by Gasteiger charge is -2.17. The van der Waals surface area contributed by atoms with Gasteiger partial charge in [-0.1, -0.05) is 84.0 Å². The summed E-state index contributed by atoms with van der Waals surface area (Å²) in [5, 5.41) is 3.88. The molecule has 1 fully saturated rings. The van der Waals surface area contributed by atoms with Crippen LogP contribution in [0.25, 0.3) is 22.5 Å². The summed E-state index contributed by atoms with van der Waals surface area (Å²) in [6, 6.07) is 24.9. The molecule has 3 aromatic carbocycles. The second kappa shape index (κ2) is 10.5. The molecule has 0 aliphatic heterocycles. The standard InChI is InChI=1S/C32H31F2NO3/c1-3-37-30(36)31(20-21-31)27-17-15-25(16-18-27)24-11-13-26(14-12-24)29-28(22(2)35-38-29)32(33,34)19-7-10-23-8-5-4-6-9-23/h4-6,8-9,11-18H,3,7,10,19-21H2,1-2H3. The third-order valence-corrected chi connectivity index (χ3v) is 7.36. The first-order valence-corrected chi connectivity index (χ1v) is 13.1. The van der Waals surface area contributed by atoms with Gasteiger partial charge in [0.25, 0.3) is 5.92 Å². The minimum Gasteiger partial charge on any atom is -0.465 e. The first kappa shape index (κ1) is 25.8. The van der Waals surface area contributed by atoms with Gasteiger partial charge in [-0.15, -0.1) is 0 Å². The van der Waals surface area contributed by atoms with Crippen molar-refractivity contribution in [1.29, 1.82) is 0 Å². The number of hydrogen-bond acceptors (Lipinski definition) is 4. The molecule has 38 heavy (non-hydrogen) atoms. The lowest BCUT2D eigenvalue weighted by Crippen LogP contribution is -2.23. The maximum absolute atomic E-state index is 15.4. The van der Waals surface area contributed by atoms with Gasteiger partial charge < -0.3 is 9.26 Å². The van der Waals surface area contributed by atoms with Gasteiger partial charge in [0.05, 0.1) is 23.3 Å². The largest absolute Gasteiger partial charge is 0.465 e. The van der Waals surface area contributed by atoms with Crippen molar-refractivity contribution in [2.24, 2.45) is 0 Å². The predicted octanol–water partition coefficient (Wildman–Crippen LogP) is 8.03. The van der Waals surface area contributed by atoms with Crippen LogP contribution in [0.3, 0.4) is 0 Å². The highest BCUT2D eigenvalue weighted by Crippen LogP contribution is 2.49. The van der Waals surface area contributed by atoms with Crippen LogP contribution in [0, 0.1) is 6.92 Å². The second-order valence-electron chi connectivity index (χ2n) is 9.97. The predicted molar refractivity (Wildman–Crippen MR) is 143 cm³/mol. The van der Waals surface area contributed by atoms with Crippen molar-refractivity contribution in [2.45, 2.75) is 57.3 Å². The average Bonchev–Trinajstić information content (AvgIpc) is 3.65. The van der Waals surface area contributed by atoms with Crippen LogP contribution in [-0.4, -0.2) is 17.7 Å². The molecule has 196 valence electrons. The maximum atomic E-state index is 15.4. The second-order valence-corrected chi connectivity index (χ2v) is 9.97. The molecule has 0 unspecified atom stereocenters. The van der Waals surface area contributed by atoms with Gasteiger partial charge >= 0.3 is 5.97 Å². The van der Waals surface area contributed by atoms with Crippen LogP contribution in [0.2, 0.25) is 0 Å². The van der Waals surface area contributed by atoms with Gasteiger partial charge in [-0.05, 0) is 61.8 Å². The summed E-state index contributed by atoms with van der Waals surface area (Å²) in [4.78, 5) is 12.4. The maximum Gasteiger partial charge on any atom is 0.316 e. The van der Waals surface area contributed by atoms with Crippen LogP contribution in [0.5, 0.6) is 0 Å². The molecule has 4 aromatic rings. The molecule has 1 aromatic heterocycles. The van der Waals surface area contributed by atoms with Crippen molar-refractivity contribution in [2.75, 3.05) is 6.61 Å². The quantitative estimate of drug-likeness (QED) is 0.201. The Morgan fingerprint density at radius 2 is 1.55 bits per heavy atom. The molecule has 4 nitrogen and oxygen atoms in total. The van der Waals surface area contributed by atoms with E-state index in [9.17, 15) is 4.79 Å². The Morgan fingerprint density at radius 1 is 0.947 bits per heavy atom. The zero-order valence-corrected chi connectivity index (χ0v) is 21.7. The first-order chi connectivity index (χ1) is 18.3. The van der Waals surface area contributed by atoms with Gasteiger partial charge in [0.2, 0.25) is 0 Å². The molecule has 0 amide bonds. The molecular formula is C32H31F2NO3. The zero-order valence-electron chi connectivity index (χ0n) is 21.7. The summed E-state index contributed by atoms with van der Waals surface area (Å²) >= 11 is 0. The highest BCUT2D eigenvalue weighted by Gasteiger charge is 2.52. The van der Waals surface area contributed by atoms with E-state index in [1.54, 1.807) is 19.1 Å². The van der Waals surface area contributed by atoms with Crippen LogP contribution >= 0.6 is 0 Å². The number of benzene rings is 3. The van der Waals surface area contributed by atoms with Gasteiger partial charge in [-0.3, -0.25) is 4.79 Å². The lowest BCUT2D eigenvalue weighted by molar-refractivity contribution is -0.146. The first-order valence-electron chi connectivity index (χ1n) is 13.1. The molecule has 1 heterocycles. The lowest BCUT2D eigenvalue weighted by atomic mass is 9.93. The molecule has 0 spiro atoms. The molecule has 5 rings (SSSR count). The number of rotatable bonds is 10. The third kappa shape index (κ3) is 5.13. The van der Waals surface area contributed by atoms with Gasteiger partial charge in [-0.25, -0.2) is 8.78 Å². The number of aryl methyl sites for hydroxylation is 2. The number of carbonyl (C=O) groups is 1. The van der Waals surface area contributed by atoms with E-state index in [0.717, 1.165) is 35.1 Å². The molecule has 0 saturated heterocycles. The van der Waals surface area contributed by atoms with E-state index >= 15 is 8.78 Å². The topological polar surface area (TPSA) is 52.3 Å². The van der Waals surface area contributed by atoms with Crippen LogP contribution in [0.4, 0.5) is 8.78 Å². The molecule has 1 aliphatic rings. The van der Waals surface area contributed by atoms with Gasteiger partial charge in [0, 0.05) is 12.0 Å². The Labute approximate surface area is 221 Å². The minimum absolute atomic E-state index is 0.110. The number of esters is 1. The molecule has 0 bridgehead atoms. The monoisotopic (exact) mass is 515 g/mol. The molecule has 6 heteroatoms. The smallest absolute Gasteiger partial charge is 0.316 e. The Bertz CT molecular complexity index is 1390. The molecule has 0 N–H and O–H groups in total. The summed E-state index contributed by atoms with van der Waals surface area (Å²) < 4.78 is 41.4. The van der Waals surface area contributed by atoms with Crippen molar-refractivity contribution < 1.29 is 22.8 Å². The van der Waals surface area contributed by atoms with Crippen molar-refractivity contribution in [3.63, 3.8) is 0 Å². The van der Waals surface area contributed by atoms with Crippen molar-refractivity contribution in [3.05, 3.63) is 101 Å². The number of hydrogen-bond donors (Lipinski definition) is 0. The number of nitrogens with zero attached hydrogens (tertiary/aromatic N) is 1. The van der Waals surface area contributed by atoms with Crippen LogP contribution in [0.15, 0.2) is 83.4 Å². The molecule has 1 aliphatic carbocycles. The summed E-state index contributed by atoms with van der Waals surface area (Å²) in [6.07, 6.45) is 2.26. The number of alkyl halides is 2. The Morgan fingerprint density at radius 3 is 2.16 bits per heavy atom. The average molecular weight is 516 g/mol. The van der Waals surface area contributed by atoms with E-state index in [1.165, 1.54) is 0 Å².